The summed E-state index contributed by atoms with van der Waals surface area (Å²) in [5, 5.41) is 0. The summed E-state index contributed by atoms with van der Waals surface area (Å²) in [6.07, 6.45) is 6.14. The topological polar surface area (TPSA) is 64.8 Å². The van der Waals surface area contributed by atoms with Crippen molar-refractivity contribution in [1.29, 1.82) is 0 Å². The number of nitrogens with zero attached hydrogens (tertiary/aromatic N) is 1. The molecule has 0 saturated carbocycles. The van der Waals surface area contributed by atoms with Crippen LogP contribution >= 0.6 is 0 Å². The van der Waals surface area contributed by atoms with Crippen molar-refractivity contribution < 1.29 is 14.3 Å². The Kier molecular flexibility index (Phi) is 8.82. The van der Waals surface area contributed by atoms with Gasteiger partial charge in [0.05, 0.1) is 12.7 Å². The average molecular weight is 286 g/mol. The zero-order valence-electron chi connectivity index (χ0n) is 13.0. The van der Waals surface area contributed by atoms with Gasteiger partial charge < -0.3 is 15.2 Å². The van der Waals surface area contributed by atoms with Gasteiger partial charge in [-0.3, -0.25) is 9.69 Å². The molecular weight excluding hydrogens is 256 g/mol. The summed E-state index contributed by atoms with van der Waals surface area (Å²) in [5.74, 6) is -0.0757. The molecule has 0 bridgehead atoms. The number of methoxy groups -OCH3 is 1. The van der Waals surface area contributed by atoms with Crippen LogP contribution in [0.5, 0.6) is 0 Å². The quantitative estimate of drug-likeness (QED) is 0.514. The van der Waals surface area contributed by atoms with E-state index in [9.17, 15) is 4.79 Å². The maximum absolute atomic E-state index is 11.2. The van der Waals surface area contributed by atoms with Crippen molar-refractivity contribution in [2.45, 2.75) is 57.6 Å². The van der Waals surface area contributed by atoms with Crippen molar-refractivity contribution in [2.24, 2.45) is 5.73 Å². The molecule has 0 aliphatic carbocycles. The van der Waals surface area contributed by atoms with Crippen molar-refractivity contribution in [3.05, 3.63) is 0 Å². The number of piperidine rings is 1. The summed E-state index contributed by atoms with van der Waals surface area (Å²) in [7, 11) is 1.78. The van der Waals surface area contributed by atoms with Crippen LogP contribution in [0.1, 0.15) is 45.4 Å². The summed E-state index contributed by atoms with van der Waals surface area (Å²) in [6, 6.07) is 0.443. The summed E-state index contributed by atoms with van der Waals surface area (Å²) < 4.78 is 10.3. The molecule has 2 N–H and O–H groups in total. The van der Waals surface area contributed by atoms with Crippen molar-refractivity contribution >= 4 is 5.97 Å². The molecular formula is C15H30N2O3. The molecule has 1 rings (SSSR count). The molecule has 0 spiro atoms. The van der Waals surface area contributed by atoms with Gasteiger partial charge in [-0.15, -0.1) is 0 Å². The van der Waals surface area contributed by atoms with Crippen LogP contribution < -0.4 is 5.73 Å². The smallest absolute Gasteiger partial charge is 0.305 e. The van der Waals surface area contributed by atoms with Crippen molar-refractivity contribution in [2.75, 3.05) is 33.4 Å². The minimum atomic E-state index is -0.0757. The van der Waals surface area contributed by atoms with Gasteiger partial charge in [-0.25, -0.2) is 0 Å². The molecule has 0 aromatic carbocycles. The molecule has 0 aromatic heterocycles. The summed E-state index contributed by atoms with van der Waals surface area (Å²) in [6.45, 7) is 5.15. The second-order valence-electron chi connectivity index (χ2n) is 5.42. The molecule has 2 unspecified atom stereocenters. The van der Waals surface area contributed by atoms with E-state index in [1.54, 1.807) is 7.11 Å². The number of rotatable bonds is 9. The molecule has 0 radical (unpaired) electrons. The second kappa shape index (κ2) is 10.1. The van der Waals surface area contributed by atoms with Gasteiger partial charge in [0.15, 0.2) is 0 Å². The highest BCUT2D eigenvalue weighted by Crippen LogP contribution is 2.19. The Morgan fingerprint density at radius 1 is 1.35 bits per heavy atom. The first-order valence-electron chi connectivity index (χ1n) is 7.83. The Hall–Kier alpha value is -0.650. The van der Waals surface area contributed by atoms with Crippen LogP contribution in [0, 0.1) is 0 Å². The van der Waals surface area contributed by atoms with Gasteiger partial charge in [0.1, 0.15) is 0 Å². The lowest BCUT2D eigenvalue weighted by atomic mass is 9.98. The fourth-order valence-corrected chi connectivity index (χ4v) is 2.81. The summed E-state index contributed by atoms with van der Waals surface area (Å²) >= 11 is 0. The van der Waals surface area contributed by atoms with Crippen molar-refractivity contribution in [1.82, 2.24) is 4.90 Å². The van der Waals surface area contributed by atoms with Crippen LogP contribution in [0.15, 0.2) is 0 Å². The summed E-state index contributed by atoms with van der Waals surface area (Å²) in [5.41, 5.74) is 5.86. The minimum absolute atomic E-state index is 0.0757. The predicted molar refractivity (Wildman–Crippen MR) is 79.5 cm³/mol. The Morgan fingerprint density at radius 2 is 2.15 bits per heavy atom. The molecule has 20 heavy (non-hydrogen) atoms. The maximum Gasteiger partial charge on any atom is 0.305 e. The monoisotopic (exact) mass is 286 g/mol. The van der Waals surface area contributed by atoms with E-state index in [4.69, 9.17) is 15.2 Å². The first-order chi connectivity index (χ1) is 9.71. The molecule has 1 saturated heterocycles. The number of hydrogen-bond donors (Lipinski definition) is 1. The van der Waals surface area contributed by atoms with Gasteiger partial charge in [0.2, 0.25) is 0 Å². The molecule has 1 heterocycles. The maximum atomic E-state index is 11.2. The van der Waals surface area contributed by atoms with Crippen molar-refractivity contribution in [3.63, 3.8) is 0 Å². The Bertz CT molecular complexity index is 274. The minimum Gasteiger partial charge on any atom is -0.466 e. The van der Waals surface area contributed by atoms with Gasteiger partial charge in [0, 0.05) is 32.7 Å². The van der Waals surface area contributed by atoms with Crippen LogP contribution in [0.3, 0.4) is 0 Å². The number of ether oxygens (including phenoxy) is 2. The molecule has 1 fully saturated rings. The van der Waals surface area contributed by atoms with E-state index < -0.39 is 0 Å². The van der Waals surface area contributed by atoms with E-state index in [2.05, 4.69) is 4.90 Å². The number of unbranched alkanes of at least 4 members (excludes halogenated alkanes) is 2. The van der Waals surface area contributed by atoms with Crippen molar-refractivity contribution in [3.8, 4) is 0 Å². The fourth-order valence-electron chi connectivity index (χ4n) is 2.81. The number of nitrogens with two attached hydrogens (primary N) is 1. The normalized spacial score (nSPS) is 23.8. The highest BCUT2D eigenvalue weighted by atomic mass is 16.5. The largest absolute Gasteiger partial charge is 0.466 e. The third kappa shape index (κ3) is 6.20. The van der Waals surface area contributed by atoms with Crippen LogP contribution in [-0.4, -0.2) is 56.4 Å². The van der Waals surface area contributed by atoms with Gasteiger partial charge >= 0.3 is 5.97 Å². The number of hydrogen-bond acceptors (Lipinski definition) is 5. The van der Waals surface area contributed by atoms with Crippen LogP contribution in [0.2, 0.25) is 0 Å². The van der Waals surface area contributed by atoms with Gasteiger partial charge in [-0.1, -0.05) is 6.42 Å². The van der Waals surface area contributed by atoms with E-state index in [0.29, 0.717) is 31.7 Å². The number of esters is 1. The number of carbonyl (C=O) groups excluding carboxylic acids is 1. The van der Waals surface area contributed by atoms with E-state index in [1.165, 1.54) is 0 Å². The Labute approximate surface area is 122 Å². The third-order valence-corrected chi connectivity index (χ3v) is 4.03. The number of carbonyl (C=O) groups is 1. The van der Waals surface area contributed by atoms with Crippen LogP contribution in [0.4, 0.5) is 0 Å². The highest BCUT2D eigenvalue weighted by molar-refractivity contribution is 5.69. The lowest BCUT2D eigenvalue weighted by Crippen LogP contribution is -2.48. The molecule has 0 aromatic rings. The first kappa shape index (κ1) is 17.4. The fraction of sp³-hybridized carbons (Fsp3) is 0.933. The molecule has 5 nitrogen and oxygen atoms in total. The highest BCUT2D eigenvalue weighted by Gasteiger charge is 2.26. The average Bonchev–Trinajstić information content (AvgIpc) is 2.47. The predicted octanol–water partition coefficient (Wildman–Crippen LogP) is 1.55. The molecule has 1 aliphatic heterocycles. The second-order valence-corrected chi connectivity index (χ2v) is 5.42. The molecule has 2 atom stereocenters. The number of likely N-dealkylation sites (tertiary alicyclic amines) is 1. The van der Waals surface area contributed by atoms with Crippen LogP contribution in [0.25, 0.3) is 0 Å². The zero-order valence-corrected chi connectivity index (χ0v) is 13.0. The summed E-state index contributed by atoms with van der Waals surface area (Å²) in [4.78, 5) is 13.7. The van der Waals surface area contributed by atoms with Gasteiger partial charge in [-0.05, 0) is 39.2 Å². The lowest BCUT2D eigenvalue weighted by molar-refractivity contribution is -0.143. The molecule has 5 heteroatoms. The molecule has 1 aliphatic rings. The van der Waals surface area contributed by atoms with E-state index >= 15 is 0 Å². The standard InChI is InChI=1S/C15H30N2O3/c1-3-20-15(18)7-5-4-6-9-17-10-8-14(19-2)11-13(17)12-16/h13-14H,3-12,16H2,1-2H3. The van der Waals surface area contributed by atoms with Crippen LogP contribution in [-0.2, 0) is 14.3 Å². The SMILES string of the molecule is CCOC(=O)CCCCCN1CCC(OC)CC1CN. The zero-order chi connectivity index (χ0) is 14.8. The van der Waals surface area contributed by atoms with E-state index in [-0.39, 0.29) is 5.97 Å². The van der Waals surface area contributed by atoms with E-state index in [0.717, 1.165) is 45.2 Å². The van der Waals surface area contributed by atoms with Gasteiger partial charge in [-0.2, -0.15) is 0 Å². The third-order valence-electron chi connectivity index (χ3n) is 4.03. The first-order valence-corrected chi connectivity index (χ1v) is 7.83. The Morgan fingerprint density at radius 3 is 2.80 bits per heavy atom. The molecule has 0 amide bonds. The Balaban J connectivity index is 2.13. The van der Waals surface area contributed by atoms with E-state index in [1.807, 2.05) is 6.92 Å². The lowest BCUT2D eigenvalue weighted by Gasteiger charge is -2.38. The molecule has 118 valence electrons. The van der Waals surface area contributed by atoms with Gasteiger partial charge in [0.25, 0.3) is 0 Å².